The van der Waals surface area contributed by atoms with Gasteiger partial charge in [-0.25, -0.2) is 13.6 Å². The molecule has 2 heterocycles. The topological polar surface area (TPSA) is 128 Å². The van der Waals surface area contributed by atoms with Crippen LogP contribution in [0.5, 0.6) is 0 Å². The van der Waals surface area contributed by atoms with Crippen LogP contribution in [-0.4, -0.2) is 23.2 Å². The molecule has 1 aliphatic carbocycles. The SMILES string of the molecule is Cc1cc2c(cc1C#N)c(-c1cncc(N)c1Cl)cn2[C@H]1CC[C@H](S(N)(=O)=O)CC1. The Morgan fingerprint density at radius 3 is 2.53 bits per heavy atom. The van der Waals surface area contributed by atoms with E-state index in [1.807, 2.05) is 25.3 Å². The minimum absolute atomic E-state index is 0.124. The molecule has 4 N–H and O–H groups in total. The molecule has 4 rings (SSSR count). The predicted octanol–water partition coefficient (Wildman–Crippen LogP) is 3.89. The summed E-state index contributed by atoms with van der Waals surface area (Å²) in [4.78, 5) is 4.18. The Hall–Kier alpha value is -2.60. The predicted molar refractivity (Wildman–Crippen MR) is 118 cm³/mol. The molecule has 0 aliphatic heterocycles. The van der Waals surface area contributed by atoms with Gasteiger partial charge in [-0.15, -0.1) is 0 Å². The molecule has 2 aromatic heterocycles. The van der Waals surface area contributed by atoms with E-state index in [-0.39, 0.29) is 6.04 Å². The summed E-state index contributed by atoms with van der Waals surface area (Å²) in [5, 5.41) is 15.7. The van der Waals surface area contributed by atoms with Gasteiger partial charge in [0.25, 0.3) is 0 Å². The Morgan fingerprint density at radius 2 is 1.90 bits per heavy atom. The van der Waals surface area contributed by atoms with E-state index in [4.69, 9.17) is 22.5 Å². The van der Waals surface area contributed by atoms with Crippen LogP contribution in [0.4, 0.5) is 5.69 Å². The number of hydrogen-bond acceptors (Lipinski definition) is 5. The van der Waals surface area contributed by atoms with Gasteiger partial charge in [0, 0.05) is 40.5 Å². The maximum absolute atomic E-state index is 11.7. The van der Waals surface area contributed by atoms with Crippen molar-refractivity contribution in [1.82, 2.24) is 9.55 Å². The molecule has 0 atom stereocenters. The summed E-state index contributed by atoms with van der Waals surface area (Å²) in [6.45, 7) is 1.90. The van der Waals surface area contributed by atoms with E-state index in [2.05, 4.69) is 15.6 Å². The second-order valence-electron chi connectivity index (χ2n) is 7.86. The van der Waals surface area contributed by atoms with Gasteiger partial charge in [-0.3, -0.25) is 4.98 Å². The summed E-state index contributed by atoms with van der Waals surface area (Å²) >= 11 is 6.48. The van der Waals surface area contributed by atoms with Crippen LogP contribution in [0.15, 0.2) is 30.7 Å². The van der Waals surface area contributed by atoms with Gasteiger partial charge in [0.15, 0.2) is 0 Å². The number of nitrogens with two attached hydrogens (primary N) is 2. The number of sulfonamides is 1. The number of primary sulfonamides is 1. The van der Waals surface area contributed by atoms with E-state index < -0.39 is 15.3 Å². The van der Waals surface area contributed by atoms with Gasteiger partial charge >= 0.3 is 0 Å². The van der Waals surface area contributed by atoms with Crippen molar-refractivity contribution < 1.29 is 8.42 Å². The first-order valence-electron chi connectivity index (χ1n) is 9.67. The summed E-state index contributed by atoms with van der Waals surface area (Å²) in [5.74, 6) is 0. The van der Waals surface area contributed by atoms with Crippen molar-refractivity contribution in [1.29, 1.82) is 5.26 Å². The lowest BCUT2D eigenvalue weighted by atomic mass is 9.94. The molecule has 0 amide bonds. The number of nitrogen functional groups attached to an aromatic ring is 1. The van der Waals surface area contributed by atoms with E-state index in [0.29, 0.717) is 47.5 Å². The molecule has 30 heavy (non-hydrogen) atoms. The van der Waals surface area contributed by atoms with Crippen LogP contribution in [0.1, 0.15) is 42.9 Å². The molecule has 1 fully saturated rings. The van der Waals surface area contributed by atoms with Crippen molar-refractivity contribution in [3.8, 4) is 17.2 Å². The molecule has 1 aliphatic rings. The third kappa shape index (κ3) is 3.54. The third-order valence-electron chi connectivity index (χ3n) is 6.00. The normalized spacial score (nSPS) is 19.7. The van der Waals surface area contributed by atoms with E-state index in [0.717, 1.165) is 22.0 Å². The summed E-state index contributed by atoms with van der Waals surface area (Å²) in [6, 6.07) is 6.23. The van der Waals surface area contributed by atoms with Crippen LogP contribution in [0.25, 0.3) is 22.0 Å². The fraction of sp³-hybridized carbons (Fsp3) is 0.333. The van der Waals surface area contributed by atoms with Gasteiger partial charge in [-0.1, -0.05) is 11.6 Å². The number of fused-ring (bicyclic) bond motifs is 1. The number of pyridine rings is 1. The molecule has 1 saturated carbocycles. The van der Waals surface area contributed by atoms with Crippen LogP contribution < -0.4 is 10.9 Å². The Labute approximate surface area is 180 Å². The number of rotatable bonds is 3. The quantitative estimate of drug-likeness (QED) is 0.634. The maximum atomic E-state index is 11.7. The summed E-state index contributed by atoms with van der Waals surface area (Å²) < 4.78 is 25.6. The lowest BCUT2D eigenvalue weighted by Gasteiger charge is -2.29. The van der Waals surface area contributed by atoms with Crippen molar-refractivity contribution in [2.45, 2.75) is 43.9 Å². The lowest BCUT2D eigenvalue weighted by Crippen LogP contribution is -2.32. The molecule has 0 radical (unpaired) electrons. The van der Waals surface area contributed by atoms with E-state index in [1.165, 1.54) is 6.20 Å². The number of aromatic nitrogens is 2. The number of hydrogen-bond donors (Lipinski definition) is 2. The highest BCUT2D eigenvalue weighted by Crippen LogP contribution is 2.41. The third-order valence-corrected chi connectivity index (χ3v) is 7.82. The number of nitriles is 1. The average Bonchev–Trinajstić information content (AvgIpc) is 3.07. The van der Waals surface area contributed by atoms with Crippen LogP contribution in [0.2, 0.25) is 5.02 Å². The maximum Gasteiger partial charge on any atom is 0.211 e. The second kappa shape index (κ2) is 7.58. The molecule has 7 nitrogen and oxygen atoms in total. The molecule has 0 bridgehead atoms. The largest absolute Gasteiger partial charge is 0.396 e. The molecule has 9 heteroatoms. The Kier molecular flexibility index (Phi) is 5.22. The van der Waals surface area contributed by atoms with E-state index in [1.54, 1.807) is 6.20 Å². The van der Waals surface area contributed by atoms with Crippen LogP contribution in [0, 0.1) is 18.3 Å². The Morgan fingerprint density at radius 1 is 1.20 bits per heavy atom. The fourth-order valence-corrected chi connectivity index (χ4v) is 5.47. The summed E-state index contributed by atoms with van der Waals surface area (Å²) in [6.07, 6.45) is 7.63. The number of anilines is 1. The number of aryl methyl sites for hydroxylation is 1. The lowest BCUT2D eigenvalue weighted by molar-refractivity contribution is 0.359. The fourth-order valence-electron chi connectivity index (χ4n) is 4.34. The molecule has 156 valence electrons. The molecule has 3 aromatic rings. The first-order valence-corrected chi connectivity index (χ1v) is 11.7. The molecule has 1 aromatic carbocycles. The average molecular weight is 444 g/mol. The zero-order valence-corrected chi connectivity index (χ0v) is 18.0. The van der Waals surface area contributed by atoms with Gasteiger partial charge in [-0.2, -0.15) is 5.26 Å². The number of halogens is 1. The van der Waals surface area contributed by atoms with E-state index in [9.17, 15) is 13.7 Å². The molecular formula is C21H22ClN5O2S. The van der Waals surface area contributed by atoms with Crippen LogP contribution >= 0.6 is 11.6 Å². The number of benzene rings is 1. The summed E-state index contributed by atoms with van der Waals surface area (Å²) in [7, 11) is -3.52. The van der Waals surface area contributed by atoms with Crippen molar-refractivity contribution in [2.75, 3.05) is 5.73 Å². The Balaban J connectivity index is 1.86. The molecule has 0 spiro atoms. The van der Waals surface area contributed by atoms with Crippen molar-refractivity contribution in [3.63, 3.8) is 0 Å². The molecular weight excluding hydrogens is 422 g/mol. The highest BCUT2D eigenvalue weighted by atomic mass is 35.5. The first-order chi connectivity index (χ1) is 14.2. The number of nitrogens with zero attached hydrogens (tertiary/aromatic N) is 3. The van der Waals surface area contributed by atoms with Crippen molar-refractivity contribution in [2.24, 2.45) is 5.14 Å². The van der Waals surface area contributed by atoms with Crippen LogP contribution in [0.3, 0.4) is 0 Å². The highest BCUT2D eigenvalue weighted by molar-refractivity contribution is 7.89. The van der Waals surface area contributed by atoms with Gasteiger partial charge in [0.1, 0.15) is 0 Å². The Bertz CT molecular complexity index is 1280. The minimum atomic E-state index is -3.52. The van der Waals surface area contributed by atoms with Gasteiger partial charge in [0.05, 0.1) is 33.8 Å². The van der Waals surface area contributed by atoms with Crippen LogP contribution in [-0.2, 0) is 10.0 Å². The van der Waals surface area contributed by atoms with Gasteiger partial charge in [-0.05, 0) is 50.3 Å². The summed E-state index contributed by atoms with van der Waals surface area (Å²) in [5.41, 5.74) is 10.3. The van der Waals surface area contributed by atoms with Crippen molar-refractivity contribution in [3.05, 3.63) is 46.9 Å². The zero-order chi connectivity index (χ0) is 21.6. The van der Waals surface area contributed by atoms with Crippen molar-refractivity contribution >= 4 is 38.2 Å². The molecule has 0 unspecified atom stereocenters. The van der Waals surface area contributed by atoms with Gasteiger partial charge < -0.3 is 10.3 Å². The molecule has 0 saturated heterocycles. The zero-order valence-electron chi connectivity index (χ0n) is 16.5. The monoisotopic (exact) mass is 443 g/mol. The second-order valence-corrected chi connectivity index (χ2v) is 10.1. The van der Waals surface area contributed by atoms with E-state index >= 15 is 0 Å². The first kappa shape index (κ1) is 20.7. The standard InChI is InChI=1S/C21H22ClN5O2S/c1-12-6-20-16(7-13(12)8-23)18(17-9-26-10-19(24)21(17)22)11-27(20)14-2-4-15(5-3-14)30(25,28)29/h6-7,9-11,14-15H,2-5,24H2,1H3,(H2,25,28,29)/t14-,15-. The smallest absolute Gasteiger partial charge is 0.211 e. The minimum Gasteiger partial charge on any atom is -0.396 e. The van der Waals surface area contributed by atoms with Gasteiger partial charge in [0.2, 0.25) is 10.0 Å². The highest BCUT2D eigenvalue weighted by Gasteiger charge is 2.30.